The Morgan fingerprint density at radius 3 is 2.72 bits per heavy atom. The SMILES string of the molecule is Cn1c(N2CCC(C)(CN)CC2)nc2[nH]nc(Sc3cccc(Cl)c3Cl)c2c1=O. The lowest BCUT2D eigenvalue weighted by molar-refractivity contribution is 0.256. The second kappa shape index (κ2) is 7.83. The summed E-state index contributed by atoms with van der Waals surface area (Å²) in [4.78, 5) is 20.7. The van der Waals surface area contributed by atoms with Crippen LogP contribution < -0.4 is 16.2 Å². The molecule has 1 aliphatic rings. The van der Waals surface area contributed by atoms with Gasteiger partial charge in [0.1, 0.15) is 10.4 Å². The van der Waals surface area contributed by atoms with Crippen molar-refractivity contribution in [1.29, 1.82) is 0 Å². The highest BCUT2D eigenvalue weighted by Crippen LogP contribution is 2.38. The number of benzene rings is 1. The van der Waals surface area contributed by atoms with Crippen LogP contribution in [0.4, 0.5) is 5.95 Å². The molecule has 1 aromatic carbocycles. The van der Waals surface area contributed by atoms with Crippen molar-refractivity contribution in [2.24, 2.45) is 18.2 Å². The maximum atomic E-state index is 13.1. The minimum Gasteiger partial charge on any atom is -0.342 e. The summed E-state index contributed by atoms with van der Waals surface area (Å²) in [5.74, 6) is 0.641. The second-order valence-electron chi connectivity index (χ2n) is 7.68. The van der Waals surface area contributed by atoms with Gasteiger partial charge in [0.05, 0.1) is 10.0 Å². The predicted octanol–water partition coefficient (Wildman–Crippen LogP) is 3.68. The molecule has 0 unspecified atom stereocenters. The van der Waals surface area contributed by atoms with Gasteiger partial charge in [-0.1, -0.05) is 48.0 Å². The molecular formula is C19H22Cl2N6OS. The van der Waals surface area contributed by atoms with Gasteiger partial charge in [-0.3, -0.25) is 14.5 Å². The van der Waals surface area contributed by atoms with Crippen molar-refractivity contribution in [2.75, 3.05) is 24.5 Å². The Bertz CT molecular complexity index is 1120. The maximum Gasteiger partial charge on any atom is 0.266 e. The molecule has 3 heterocycles. The molecule has 154 valence electrons. The summed E-state index contributed by atoms with van der Waals surface area (Å²) >= 11 is 13.7. The van der Waals surface area contributed by atoms with Gasteiger partial charge in [0, 0.05) is 25.0 Å². The molecule has 3 aromatic rings. The molecule has 0 atom stereocenters. The van der Waals surface area contributed by atoms with E-state index in [1.807, 2.05) is 12.1 Å². The zero-order chi connectivity index (χ0) is 20.8. The van der Waals surface area contributed by atoms with E-state index in [1.165, 1.54) is 11.8 Å². The summed E-state index contributed by atoms with van der Waals surface area (Å²) < 4.78 is 1.59. The van der Waals surface area contributed by atoms with Gasteiger partial charge in [0.15, 0.2) is 5.65 Å². The molecule has 4 rings (SSSR count). The molecule has 0 spiro atoms. The number of piperidine rings is 1. The summed E-state index contributed by atoms with van der Waals surface area (Å²) in [5.41, 5.74) is 6.38. The largest absolute Gasteiger partial charge is 0.342 e. The summed E-state index contributed by atoms with van der Waals surface area (Å²) in [6.07, 6.45) is 1.93. The summed E-state index contributed by atoms with van der Waals surface area (Å²) in [7, 11) is 1.74. The first kappa shape index (κ1) is 20.5. The van der Waals surface area contributed by atoms with Crippen LogP contribution in [-0.4, -0.2) is 39.4 Å². The van der Waals surface area contributed by atoms with Gasteiger partial charge in [0.2, 0.25) is 5.95 Å². The molecule has 3 N–H and O–H groups in total. The number of hydrogen-bond donors (Lipinski definition) is 2. The third-order valence-electron chi connectivity index (χ3n) is 5.61. The highest BCUT2D eigenvalue weighted by molar-refractivity contribution is 7.99. The highest BCUT2D eigenvalue weighted by Gasteiger charge is 2.30. The van der Waals surface area contributed by atoms with Gasteiger partial charge >= 0.3 is 0 Å². The first-order valence-electron chi connectivity index (χ1n) is 9.35. The number of aromatic nitrogens is 4. The van der Waals surface area contributed by atoms with E-state index in [4.69, 9.17) is 33.9 Å². The lowest BCUT2D eigenvalue weighted by Crippen LogP contribution is -2.44. The first-order chi connectivity index (χ1) is 13.8. The van der Waals surface area contributed by atoms with Crippen molar-refractivity contribution in [3.8, 4) is 0 Å². The van der Waals surface area contributed by atoms with Gasteiger partial charge in [-0.25, -0.2) is 0 Å². The minimum absolute atomic E-state index is 0.146. The standard InChI is InChI=1S/C19H22Cl2N6OS/c1-19(10-22)6-8-27(9-7-19)18-23-15-13(17(28)26(18)2)16(25-24-15)29-12-5-3-4-11(20)14(12)21/h3-5H,6-10,22H2,1-2H3,(H,24,25). The Balaban J connectivity index is 1.69. The number of hydrogen-bond acceptors (Lipinski definition) is 6. The van der Waals surface area contributed by atoms with E-state index in [0.29, 0.717) is 38.6 Å². The van der Waals surface area contributed by atoms with Crippen LogP contribution in [-0.2, 0) is 7.05 Å². The highest BCUT2D eigenvalue weighted by atomic mass is 35.5. The third-order valence-corrected chi connectivity index (χ3v) is 7.59. The maximum absolute atomic E-state index is 13.1. The lowest BCUT2D eigenvalue weighted by Gasteiger charge is -2.39. The monoisotopic (exact) mass is 452 g/mol. The van der Waals surface area contributed by atoms with Crippen molar-refractivity contribution in [3.63, 3.8) is 0 Å². The minimum atomic E-state index is -0.147. The van der Waals surface area contributed by atoms with Crippen molar-refractivity contribution < 1.29 is 0 Å². The Hall–Kier alpha value is -1.74. The van der Waals surface area contributed by atoms with E-state index in [0.717, 1.165) is 30.8 Å². The molecule has 1 aliphatic heterocycles. The van der Waals surface area contributed by atoms with E-state index in [-0.39, 0.29) is 11.0 Å². The zero-order valence-electron chi connectivity index (χ0n) is 16.2. The smallest absolute Gasteiger partial charge is 0.266 e. The molecule has 0 saturated carbocycles. The molecule has 0 amide bonds. The van der Waals surface area contributed by atoms with Crippen molar-refractivity contribution in [2.45, 2.75) is 29.7 Å². The quantitative estimate of drug-likeness (QED) is 0.626. The molecule has 10 heteroatoms. The molecule has 0 radical (unpaired) electrons. The third kappa shape index (κ3) is 3.74. The average molecular weight is 453 g/mol. The normalized spacial score (nSPS) is 16.5. The molecule has 0 aliphatic carbocycles. The first-order valence-corrected chi connectivity index (χ1v) is 10.9. The fourth-order valence-corrected chi connectivity index (χ4v) is 4.90. The van der Waals surface area contributed by atoms with Gasteiger partial charge in [-0.15, -0.1) is 0 Å². The number of nitrogens with two attached hydrogens (primary N) is 1. The van der Waals surface area contributed by atoms with E-state index >= 15 is 0 Å². The van der Waals surface area contributed by atoms with E-state index in [1.54, 1.807) is 17.7 Å². The second-order valence-corrected chi connectivity index (χ2v) is 9.50. The molecular weight excluding hydrogens is 431 g/mol. The van der Waals surface area contributed by atoms with Gasteiger partial charge in [0.25, 0.3) is 5.56 Å². The number of nitrogens with zero attached hydrogens (tertiary/aromatic N) is 4. The molecule has 2 aromatic heterocycles. The fraction of sp³-hybridized carbons (Fsp3) is 0.421. The number of aromatic amines is 1. The van der Waals surface area contributed by atoms with Crippen LogP contribution in [0.25, 0.3) is 11.0 Å². The van der Waals surface area contributed by atoms with Crippen LogP contribution in [0.5, 0.6) is 0 Å². The number of fused-ring (bicyclic) bond motifs is 1. The van der Waals surface area contributed by atoms with Gasteiger partial charge in [-0.2, -0.15) is 10.1 Å². The van der Waals surface area contributed by atoms with Crippen LogP contribution in [0.1, 0.15) is 19.8 Å². The predicted molar refractivity (Wildman–Crippen MR) is 118 cm³/mol. The molecule has 1 saturated heterocycles. The van der Waals surface area contributed by atoms with Crippen molar-refractivity contribution in [1.82, 2.24) is 19.7 Å². The van der Waals surface area contributed by atoms with Crippen LogP contribution in [0, 0.1) is 5.41 Å². The van der Waals surface area contributed by atoms with Crippen molar-refractivity contribution in [3.05, 3.63) is 38.6 Å². The summed E-state index contributed by atoms with van der Waals surface area (Å²) in [6, 6.07) is 5.37. The van der Waals surface area contributed by atoms with Gasteiger partial charge < -0.3 is 10.6 Å². The number of anilines is 1. The lowest BCUT2D eigenvalue weighted by atomic mass is 9.81. The Morgan fingerprint density at radius 1 is 1.31 bits per heavy atom. The fourth-order valence-electron chi connectivity index (χ4n) is 3.50. The molecule has 0 bridgehead atoms. The topological polar surface area (TPSA) is 92.8 Å². The zero-order valence-corrected chi connectivity index (χ0v) is 18.5. The van der Waals surface area contributed by atoms with Crippen molar-refractivity contribution >= 4 is 51.9 Å². The number of nitrogens with one attached hydrogen (secondary N) is 1. The Morgan fingerprint density at radius 2 is 2.03 bits per heavy atom. The number of H-pyrrole nitrogens is 1. The van der Waals surface area contributed by atoms with E-state index in [9.17, 15) is 4.79 Å². The van der Waals surface area contributed by atoms with E-state index < -0.39 is 0 Å². The number of rotatable bonds is 4. The van der Waals surface area contributed by atoms with Crippen LogP contribution in [0.15, 0.2) is 32.9 Å². The molecule has 1 fully saturated rings. The summed E-state index contributed by atoms with van der Waals surface area (Å²) in [6.45, 7) is 4.50. The van der Waals surface area contributed by atoms with Crippen LogP contribution >= 0.6 is 35.0 Å². The number of halogens is 2. The summed E-state index contributed by atoms with van der Waals surface area (Å²) in [5, 5.41) is 9.08. The van der Waals surface area contributed by atoms with Gasteiger partial charge in [-0.05, 0) is 36.9 Å². The van der Waals surface area contributed by atoms with E-state index in [2.05, 4.69) is 22.0 Å². The van der Waals surface area contributed by atoms with Crippen LogP contribution in [0.3, 0.4) is 0 Å². The average Bonchev–Trinajstić information content (AvgIpc) is 3.12. The Labute approximate surface area is 182 Å². The molecule has 7 nitrogen and oxygen atoms in total. The molecule has 29 heavy (non-hydrogen) atoms. The Kier molecular flexibility index (Phi) is 5.54. The van der Waals surface area contributed by atoms with Crippen LogP contribution in [0.2, 0.25) is 10.0 Å².